The molecule has 0 aromatic heterocycles. The lowest BCUT2D eigenvalue weighted by atomic mass is 10.0. The van der Waals surface area contributed by atoms with Gasteiger partial charge < -0.3 is 9.64 Å². The first-order chi connectivity index (χ1) is 11.0. The van der Waals surface area contributed by atoms with Gasteiger partial charge in [-0.15, -0.1) is 0 Å². The van der Waals surface area contributed by atoms with E-state index in [1.807, 2.05) is 30.3 Å². The van der Waals surface area contributed by atoms with Gasteiger partial charge in [-0.05, 0) is 11.5 Å². The van der Waals surface area contributed by atoms with Crippen LogP contribution in [-0.4, -0.2) is 47.3 Å². The Kier molecular flexibility index (Phi) is 6.21. The number of ether oxygens (including phenoxy) is 1. The Morgan fingerprint density at radius 1 is 1.35 bits per heavy atom. The summed E-state index contributed by atoms with van der Waals surface area (Å²) in [6.45, 7) is 2.01. The Balaban J connectivity index is 2.08. The highest BCUT2D eigenvalue weighted by Crippen LogP contribution is 2.25. The predicted molar refractivity (Wildman–Crippen MR) is 88.9 cm³/mol. The maximum absolute atomic E-state index is 12.3. The first-order valence-corrected chi connectivity index (χ1v) is 8.54. The van der Waals surface area contributed by atoms with E-state index >= 15 is 0 Å². The van der Waals surface area contributed by atoms with Crippen molar-refractivity contribution in [2.45, 2.75) is 25.8 Å². The standard InChI is InChI=1S/C17H21NO4S/c1-12(19)23-11-14-9-16(20)18(10-14)15(17(21)22-2)8-13-6-4-3-5-7-13/h3-7,14-15H,8-11H2,1-2H3/t14?,15-/m1/s1. The van der Waals surface area contributed by atoms with Gasteiger partial charge in [-0.1, -0.05) is 42.1 Å². The van der Waals surface area contributed by atoms with E-state index in [1.54, 1.807) is 4.90 Å². The third-order valence-electron chi connectivity index (χ3n) is 3.88. The number of carbonyl (C=O) groups is 3. The van der Waals surface area contributed by atoms with E-state index in [-0.39, 0.29) is 16.9 Å². The molecule has 1 aliphatic rings. The number of esters is 1. The molecule has 1 unspecified atom stereocenters. The van der Waals surface area contributed by atoms with Crippen molar-refractivity contribution in [1.82, 2.24) is 4.90 Å². The van der Waals surface area contributed by atoms with Crippen molar-refractivity contribution in [2.24, 2.45) is 5.92 Å². The minimum absolute atomic E-state index is 0.0460. The van der Waals surface area contributed by atoms with Gasteiger partial charge in [0.2, 0.25) is 5.91 Å². The number of carbonyl (C=O) groups excluding carboxylic acids is 3. The number of hydrogen-bond acceptors (Lipinski definition) is 5. The lowest BCUT2D eigenvalue weighted by molar-refractivity contribution is -0.151. The Labute approximate surface area is 140 Å². The average Bonchev–Trinajstić information content (AvgIpc) is 2.91. The molecule has 2 rings (SSSR count). The van der Waals surface area contributed by atoms with Gasteiger partial charge in [0, 0.05) is 32.1 Å². The highest BCUT2D eigenvalue weighted by molar-refractivity contribution is 8.13. The largest absolute Gasteiger partial charge is 0.467 e. The Hall–Kier alpha value is -1.82. The molecule has 2 atom stereocenters. The van der Waals surface area contributed by atoms with E-state index < -0.39 is 12.0 Å². The minimum Gasteiger partial charge on any atom is -0.467 e. The number of thioether (sulfide) groups is 1. The van der Waals surface area contributed by atoms with Crippen molar-refractivity contribution in [3.8, 4) is 0 Å². The number of nitrogens with zero attached hydrogens (tertiary/aromatic N) is 1. The summed E-state index contributed by atoms with van der Waals surface area (Å²) in [5.74, 6) is 0.253. The number of likely N-dealkylation sites (tertiary alicyclic amines) is 1. The van der Waals surface area contributed by atoms with Crippen molar-refractivity contribution >= 4 is 28.8 Å². The van der Waals surface area contributed by atoms with Crippen molar-refractivity contribution < 1.29 is 19.1 Å². The zero-order chi connectivity index (χ0) is 16.8. The summed E-state index contributed by atoms with van der Waals surface area (Å²) >= 11 is 1.23. The van der Waals surface area contributed by atoms with E-state index in [0.29, 0.717) is 25.1 Å². The fourth-order valence-corrected chi connectivity index (χ4v) is 3.44. The topological polar surface area (TPSA) is 63.7 Å². The molecule has 1 fully saturated rings. The zero-order valence-electron chi connectivity index (χ0n) is 13.4. The van der Waals surface area contributed by atoms with Gasteiger partial charge in [0.15, 0.2) is 5.12 Å². The number of rotatable bonds is 6. The summed E-state index contributed by atoms with van der Waals surface area (Å²) in [6, 6.07) is 8.97. The zero-order valence-corrected chi connectivity index (χ0v) is 14.2. The van der Waals surface area contributed by atoms with Crippen LogP contribution in [0, 0.1) is 5.92 Å². The predicted octanol–water partition coefficient (Wildman–Crippen LogP) is 1.90. The Bertz CT molecular complexity index is 575. The third kappa shape index (κ3) is 4.82. The van der Waals surface area contributed by atoms with Crippen LogP contribution in [0.15, 0.2) is 30.3 Å². The van der Waals surface area contributed by atoms with Gasteiger partial charge in [-0.3, -0.25) is 9.59 Å². The van der Waals surface area contributed by atoms with Crippen LogP contribution in [0.5, 0.6) is 0 Å². The smallest absolute Gasteiger partial charge is 0.328 e. The molecule has 0 bridgehead atoms. The van der Waals surface area contributed by atoms with Gasteiger partial charge in [0.1, 0.15) is 6.04 Å². The van der Waals surface area contributed by atoms with Crippen LogP contribution in [0.2, 0.25) is 0 Å². The molecule has 23 heavy (non-hydrogen) atoms. The summed E-state index contributed by atoms with van der Waals surface area (Å²) in [6.07, 6.45) is 0.814. The monoisotopic (exact) mass is 335 g/mol. The normalized spacial score (nSPS) is 18.8. The van der Waals surface area contributed by atoms with Crippen molar-refractivity contribution in [2.75, 3.05) is 19.4 Å². The molecule has 5 nitrogen and oxygen atoms in total. The maximum Gasteiger partial charge on any atom is 0.328 e. The summed E-state index contributed by atoms with van der Waals surface area (Å²) in [7, 11) is 1.34. The molecule has 1 saturated heterocycles. The van der Waals surface area contributed by atoms with E-state index in [0.717, 1.165) is 5.56 Å². The lowest BCUT2D eigenvalue weighted by Gasteiger charge is -2.26. The first kappa shape index (κ1) is 17.5. The number of benzene rings is 1. The quantitative estimate of drug-likeness (QED) is 0.743. The molecule has 1 amide bonds. The number of methoxy groups -OCH3 is 1. The highest BCUT2D eigenvalue weighted by atomic mass is 32.2. The maximum atomic E-state index is 12.3. The van der Waals surface area contributed by atoms with Gasteiger partial charge in [0.05, 0.1) is 7.11 Å². The number of hydrogen-bond donors (Lipinski definition) is 0. The van der Waals surface area contributed by atoms with Crippen LogP contribution < -0.4 is 0 Å². The molecule has 0 saturated carbocycles. The van der Waals surface area contributed by atoms with Gasteiger partial charge in [0.25, 0.3) is 0 Å². The van der Waals surface area contributed by atoms with Gasteiger partial charge in [-0.25, -0.2) is 4.79 Å². The molecule has 0 aliphatic carbocycles. The third-order valence-corrected chi connectivity index (χ3v) is 4.93. The van der Waals surface area contributed by atoms with Gasteiger partial charge >= 0.3 is 5.97 Å². The van der Waals surface area contributed by atoms with Crippen molar-refractivity contribution in [3.05, 3.63) is 35.9 Å². The summed E-state index contributed by atoms with van der Waals surface area (Å²) in [4.78, 5) is 37.1. The van der Waals surface area contributed by atoms with Crippen LogP contribution in [0.25, 0.3) is 0 Å². The molecule has 1 heterocycles. The SMILES string of the molecule is COC(=O)[C@@H](Cc1ccccc1)N1CC(CSC(C)=O)CC1=O. The summed E-state index contributed by atoms with van der Waals surface area (Å²) in [5, 5.41) is 0.0460. The van der Waals surface area contributed by atoms with E-state index in [4.69, 9.17) is 4.74 Å². The second kappa shape index (κ2) is 8.15. The van der Waals surface area contributed by atoms with Gasteiger partial charge in [-0.2, -0.15) is 0 Å². The summed E-state index contributed by atoms with van der Waals surface area (Å²) in [5.41, 5.74) is 0.984. The highest BCUT2D eigenvalue weighted by Gasteiger charge is 2.38. The summed E-state index contributed by atoms with van der Waals surface area (Å²) < 4.78 is 4.89. The number of amides is 1. The minimum atomic E-state index is -0.609. The molecule has 0 N–H and O–H groups in total. The Morgan fingerprint density at radius 3 is 2.65 bits per heavy atom. The second-order valence-corrected chi connectivity index (χ2v) is 6.84. The molecule has 1 aliphatic heterocycles. The first-order valence-electron chi connectivity index (χ1n) is 7.56. The fourth-order valence-electron chi connectivity index (χ4n) is 2.75. The van der Waals surface area contributed by atoms with E-state index in [2.05, 4.69) is 0 Å². The molecule has 1 aromatic carbocycles. The van der Waals surface area contributed by atoms with Crippen LogP contribution in [-0.2, 0) is 25.5 Å². The molecular weight excluding hydrogens is 314 g/mol. The molecule has 0 spiro atoms. The van der Waals surface area contributed by atoms with Crippen LogP contribution in [0.1, 0.15) is 18.9 Å². The van der Waals surface area contributed by atoms with Crippen LogP contribution in [0.4, 0.5) is 0 Å². The average molecular weight is 335 g/mol. The van der Waals surface area contributed by atoms with Crippen molar-refractivity contribution in [3.63, 3.8) is 0 Å². The molecule has 6 heteroatoms. The molecular formula is C17H21NO4S. The second-order valence-electron chi connectivity index (χ2n) is 5.65. The fraction of sp³-hybridized carbons (Fsp3) is 0.471. The molecule has 1 aromatic rings. The molecule has 124 valence electrons. The lowest BCUT2D eigenvalue weighted by Crippen LogP contribution is -2.44. The molecule has 0 radical (unpaired) electrons. The Morgan fingerprint density at radius 2 is 2.04 bits per heavy atom. The van der Waals surface area contributed by atoms with Crippen molar-refractivity contribution in [1.29, 1.82) is 0 Å². The van der Waals surface area contributed by atoms with E-state index in [1.165, 1.54) is 25.8 Å². The van der Waals surface area contributed by atoms with Crippen LogP contribution >= 0.6 is 11.8 Å². The van der Waals surface area contributed by atoms with E-state index in [9.17, 15) is 14.4 Å². The van der Waals surface area contributed by atoms with Crippen LogP contribution in [0.3, 0.4) is 0 Å².